The minimum atomic E-state index is -3.23. The predicted octanol–water partition coefficient (Wildman–Crippen LogP) is -1.01. The van der Waals surface area contributed by atoms with Gasteiger partial charge in [-0.2, -0.15) is 12.7 Å². The van der Waals surface area contributed by atoms with Crippen LogP contribution in [0.3, 0.4) is 0 Å². The highest BCUT2D eigenvalue weighted by atomic mass is 32.2. The van der Waals surface area contributed by atoms with Crippen LogP contribution in [0.1, 0.15) is 6.92 Å². The van der Waals surface area contributed by atoms with Gasteiger partial charge in [-0.1, -0.05) is 6.92 Å². The first-order valence-electron chi connectivity index (χ1n) is 4.45. The molecule has 2 N–H and O–H groups in total. The van der Waals surface area contributed by atoms with Crippen LogP contribution in [0.15, 0.2) is 0 Å². The van der Waals surface area contributed by atoms with Crippen LogP contribution in [0.25, 0.3) is 0 Å². The molecule has 0 spiro atoms. The molecule has 0 aromatic heterocycles. The van der Waals surface area contributed by atoms with E-state index in [0.717, 1.165) is 13.1 Å². The van der Waals surface area contributed by atoms with Gasteiger partial charge >= 0.3 is 0 Å². The Morgan fingerprint density at radius 3 is 2.85 bits per heavy atom. The third kappa shape index (κ3) is 2.91. The molecule has 1 saturated heterocycles. The van der Waals surface area contributed by atoms with Gasteiger partial charge in [0.1, 0.15) is 0 Å². The molecule has 0 aromatic carbocycles. The third-order valence-corrected chi connectivity index (χ3v) is 3.67. The smallest absolute Gasteiger partial charge is 0.279 e. The fourth-order valence-electron chi connectivity index (χ4n) is 1.40. The number of hydrogen-bond donors (Lipinski definition) is 2. The molecule has 6 heteroatoms. The van der Waals surface area contributed by atoms with E-state index in [2.05, 4.69) is 10.0 Å². The van der Waals surface area contributed by atoms with Crippen molar-refractivity contribution in [2.45, 2.75) is 6.92 Å². The highest BCUT2D eigenvalue weighted by Crippen LogP contribution is 2.05. The Hall–Kier alpha value is -0.170. The Kier molecular flexibility index (Phi) is 3.66. The van der Waals surface area contributed by atoms with Gasteiger partial charge < -0.3 is 5.32 Å². The van der Waals surface area contributed by atoms with E-state index in [1.807, 2.05) is 6.92 Å². The fourth-order valence-corrected chi connectivity index (χ4v) is 2.44. The molecule has 0 aromatic rings. The minimum absolute atomic E-state index is 0.366. The van der Waals surface area contributed by atoms with Crippen LogP contribution < -0.4 is 10.0 Å². The Morgan fingerprint density at radius 2 is 2.23 bits per heavy atom. The van der Waals surface area contributed by atoms with Crippen LogP contribution in [-0.2, 0) is 10.2 Å². The average Bonchev–Trinajstić information content (AvgIpc) is 2.30. The lowest BCUT2D eigenvalue weighted by Crippen LogP contribution is -2.41. The maximum Gasteiger partial charge on any atom is 0.279 e. The SMILES string of the molecule is CNS(=O)(=O)N1CCNCC(C)C1. The molecule has 0 amide bonds. The minimum Gasteiger partial charge on any atom is -0.315 e. The first-order valence-corrected chi connectivity index (χ1v) is 5.89. The van der Waals surface area contributed by atoms with E-state index in [4.69, 9.17) is 0 Å². The molecule has 0 aliphatic carbocycles. The second-order valence-electron chi connectivity index (χ2n) is 3.38. The lowest BCUT2D eigenvalue weighted by Gasteiger charge is -2.20. The molecule has 1 rings (SSSR count). The molecular formula is C7H17N3O2S. The van der Waals surface area contributed by atoms with E-state index >= 15 is 0 Å². The molecule has 1 atom stereocenters. The fraction of sp³-hybridized carbons (Fsp3) is 1.00. The molecule has 1 aliphatic rings. The van der Waals surface area contributed by atoms with Gasteiger partial charge in [0.05, 0.1) is 0 Å². The zero-order valence-corrected chi connectivity index (χ0v) is 8.89. The highest BCUT2D eigenvalue weighted by Gasteiger charge is 2.23. The summed E-state index contributed by atoms with van der Waals surface area (Å²) in [6.45, 7) is 4.79. The molecular weight excluding hydrogens is 190 g/mol. The van der Waals surface area contributed by atoms with E-state index in [0.29, 0.717) is 19.0 Å². The third-order valence-electron chi connectivity index (χ3n) is 2.14. The summed E-state index contributed by atoms with van der Waals surface area (Å²) >= 11 is 0. The van der Waals surface area contributed by atoms with Gasteiger partial charge in [0.15, 0.2) is 0 Å². The van der Waals surface area contributed by atoms with Crippen molar-refractivity contribution in [3.63, 3.8) is 0 Å². The van der Waals surface area contributed by atoms with Crippen LogP contribution >= 0.6 is 0 Å². The average molecular weight is 207 g/mol. The summed E-state index contributed by atoms with van der Waals surface area (Å²) in [6.07, 6.45) is 0. The zero-order valence-electron chi connectivity index (χ0n) is 8.08. The Morgan fingerprint density at radius 1 is 1.54 bits per heavy atom. The van der Waals surface area contributed by atoms with Crippen molar-refractivity contribution >= 4 is 10.2 Å². The maximum atomic E-state index is 11.4. The van der Waals surface area contributed by atoms with Crippen LogP contribution in [0.4, 0.5) is 0 Å². The van der Waals surface area contributed by atoms with Gasteiger partial charge in [0.2, 0.25) is 0 Å². The van der Waals surface area contributed by atoms with Crippen molar-refractivity contribution in [3.05, 3.63) is 0 Å². The van der Waals surface area contributed by atoms with Crippen molar-refractivity contribution in [2.75, 3.05) is 33.2 Å². The molecule has 5 nitrogen and oxygen atoms in total. The first kappa shape index (κ1) is 10.9. The van der Waals surface area contributed by atoms with Crippen molar-refractivity contribution in [1.29, 1.82) is 0 Å². The summed E-state index contributed by atoms with van der Waals surface area (Å²) in [7, 11) is -1.79. The predicted molar refractivity (Wildman–Crippen MR) is 51.6 cm³/mol. The summed E-state index contributed by atoms with van der Waals surface area (Å²) < 4.78 is 26.7. The number of nitrogens with one attached hydrogen (secondary N) is 2. The molecule has 1 fully saturated rings. The van der Waals surface area contributed by atoms with Crippen LogP contribution in [0, 0.1) is 5.92 Å². The van der Waals surface area contributed by atoms with Crippen molar-refractivity contribution < 1.29 is 8.42 Å². The molecule has 1 unspecified atom stereocenters. The number of rotatable bonds is 2. The standard InChI is InChI=1S/C7H17N3O2S/c1-7-5-9-3-4-10(6-7)13(11,12)8-2/h7-9H,3-6H2,1-2H3. The Bertz CT molecular complexity index is 252. The Labute approximate surface area is 79.7 Å². The summed E-state index contributed by atoms with van der Waals surface area (Å²) in [5, 5.41) is 3.19. The number of hydrogen-bond acceptors (Lipinski definition) is 3. The molecule has 0 saturated carbocycles. The van der Waals surface area contributed by atoms with Gasteiger partial charge in [-0.25, -0.2) is 4.72 Å². The second-order valence-corrected chi connectivity index (χ2v) is 5.25. The van der Waals surface area contributed by atoms with Gasteiger partial charge in [0, 0.05) is 26.7 Å². The summed E-state index contributed by atoms with van der Waals surface area (Å²) in [5.41, 5.74) is 0. The monoisotopic (exact) mass is 207 g/mol. The lowest BCUT2D eigenvalue weighted by atomic mass is 10.2. The van der Waals surface area contributed by atoms with Crippen LogP contribution in [0.5, 0.6) is 0 Å². The van der Waals surface area contributed by atoms with Crippen molar-refractivity contribution in [1.82, 2.24) is 14.3 Å². The van der Waals surface area contributed by atoms with E-state index in [-0.39, 0.29) is 0 Å². The second kappa shape index (κ2) is 4.36. The van der Waals surface area contributed by atoms with Gasteiger partial charge in [-0.05, 0) is 12.5 Å². The maximum absolute atomic E-state index is 11.4. The molecule has 1 aliphatic heterocycles. The van der Waals surface area contributed by atoms with E-state index in [1.165, 1.54) is 11.4 Å². The molecule has 1 heterocycles. The lowest BCUT2D eigenvalue weighted by molar-refractivity contribution is 0.387. The quantitative estimate of drug-likeness (QED) is 0.610. The van der Waals surface area contributed by atoms with E-state index in [9.17, 15) is 8.42 Å². The van der Waals surface area contributed by atoms with Gasteiger partial charge in [-0.15, -0.1) is 0 Å². The highest BCUT2D eigenvalue weighted by molar-refractivity contribution is 7.87. The van der Waals surface area contributed by atoms with Crippen molar-refractivity contribution in [3.8, 4) is 0 Å². The summed E-state index contributed by atoms with van der Waals surface area (Å²) in [6, 6.07) is 0. The van der Waals surface area contributed by atoms with Crippen LogP contribution in [0.2, 0.25) is 0 Å². The van der Waals surface area contributed by atoms with Crippen LogP contribution in [-0.4, -0.2) is 45.9 Å². The summed E-state index contributed by atoms with van der Waals surface area (Å²) in [5.74, 6) is 0.366. The van der Waals surface area contributed by atoms with Crippen molar-refractivity contribution in [2.24, 2.45) is 5.92 Å². The largest absolute Gasteiger partial charge is 0.315 e. The molecule has 0 bridgehead atoms. The Balaban J connectivity index is 2.68. The van der Waals surface area contributed by atoms with Gasteiger partial charge in [0.25, 0.3) is 10.2 Å². The molecule has 0 radical (unpaired) electrons. The topological polar surface area (TPSA) is 61.4 Å². The molecule has 13 heavy (non-hydrogen) atoms. The molecule has 78 valence electrons. The first-order chi connectivity index (χ1) is 6.06. The van der Waals surface area contributed by atoms with Gasteiger partial charge in [-0.3, -0.25) is 0 Å². The normalized spacial score (nSPS) is 27.1. The van der Waals surface area contributed by atoms with E-state index < -0.39 is 10.2 Å². The summed E-state index contributed by atoms with van der Waals surface area (Å²) in [4.78, 5) is 0. The zero-order chi connectivity index (χ0) is 9.90. The van der Waals surface area contributed by atoms with E-state index in [1.54, 1.807) is 0 Å². The number of nitrogens with zero attached hydrogens (tertiary/aromatic N) is 1.